The molecule has 5 aromatic rings. The van der Waals surface area contributed by atoms with Crippen LogP contribution >= 0.6 is 0 Å². The van der Waals surface area contributed by atoms with Crippen molar-refractivity contribution in [3.63, 3.8) is 0 Å². The van der Waals surface area contributed by atoms with E-state index in [0.29, 0.717) is 23.3 Å². The zero-order valence-corrected chi connectivity index (χ0v) is 22.7. The number of hydrogen-bond donors (Lipinski definition) is 1. The van der Waals surface area contributed by atoms with Gasteiger partial charge in [0.1, 0.15) is 17.3 Å². The molecule has 0 spiro atoms. The van der Waals surface area contributed by atoms with Crippen molar-refractivity contribution in [1.82, 2.24) is 29.1 Å². The molecular formula is C29H26F3N7O3. The van der Waals surface area contributed by atoms with Crippen LogP contribution in [0.25, 0.3) is 39.2 Å². The summed E-state index contributed by atoms with van der Waals surface area (Å²) in [6, 6.07) is 9.82. The van der Waals surface area contributed by atoms with Crippen molar-refractivity contribution in [3.8, 4) is 40.0 Å². The molecule has 13 heteroatoms. The van der Waals surface area contributed by atoms with Crippen LogP contribution in [0.2, 0.25) is 0 Å². The first-order valence-corrected chi connectivity index (χ1v) is 13.5. The zero-order chi connectivity index (χ0) is 29.3. The fourth-order valence-corrected chi connectivity index (χ4v) is 5.41. The lowest BCUT2D eigenvalue weighted by atomic mass is 10.0. The van der Waals surface area contributed by atoms with Gasteiger partial charge >= 0.3 is 6.36 Å². The van der Waals surface area contributed by atoms with Gasteiger partial charge in [-0.2, -0.15) is 5.10 Å². The number of carbonyl (C=O) groups excluding carboxylic acids is 1. The van der Waals surface area contributed by atoms with Crippen LogP contribution in [0.15, 0.2) is 48.8 Å². The van der Waals surface area contributed by atoms with Gasteiger partial charge in [0.25, 0.3) is 5.88 Å². The van der Waals surface area contributed by atoms with E-state index in [9.17, 15) is 18.0 Å². The Morgan fingerprint density at radius 1 is 1.05 bits per heavy atom. The third-order valence-corrected chi connectivity index (χ3v) is 7.68. The highest BCUT2D eigenvalue weighted by atomic mass is 19.4. The van der Waals surface area contributed by atoms with Crippen LogP contribution in [0, 0.1) is 0 Å². The maximum atomic E-state index is 13.4. The van der Waals surface area contributed by atoms with Crippen LogP contribution in [0.1, 0.15) is 53.7 Å². The van der Waals surface area contributed by atoms with Crippen LogP contribution < -0.4 is 15.2 Å². The highest BCUT2D eigenvalue weighted by molar-refractivity contribution is 5.96. The van der Waals surface area contributed by atoms with Crippen LogP contribution in [0.5, 0.6) is 11.6 Å². The average molecular weight is 578 g/mol. The fraction of sp³-hybridized carbons (Fsp3) is 0.310. The number of nitrogens with two attached hydrogens (primary N) is 1. The van der Waals surface area contributed by atoms with Gasteiger partial charge in [-0.25, -0.2) is 9.67 Å². The molecule has 2 aromatic carbocycles. The Morgan fingerprint density at radius 2 is 1.83 bits per heavy atom. The molecule has 7 rings (SSSR count). The quantitative estimate of drug-likeness (QED) is 0.260. The number of primary amides is 1. The molecule has 2 fully saturated rings. The number of methoxy groups -OCH3 is 1. The third-order valence-electron chi connectivity index (χ3n) is 7.68. The first-order valence-electron chi connectivity index (χ1n) is 13.5. The normalized spacial score (nSPS) is 15.4. The molecular weight excluding hydrogens is 551 g/mol. The van der Waals surface area contributed by atoms with Gasteiger partial charge in [0.05, 0.1) is 36.1 Å². The lowest BCUT2D eigenvalue weighted by Crippen LogP contribution is -2.19. The van der Waals surface area contributed by atoms with E-state index in [0.717, 1.165) is 53.9 Å². The number of fused-ring (bicyclic) bond motifs is 1. The summed E-state index contributed by atoms with van der Waals surface area (Å²) in [5, 5.41) is 10.2. The summed E-state index contributed by atoms with van der Waals surface area (Å²) in [5.41, 5.74) is 9.09. The number of nitrogens with zero attached hydrogens (tertiary/aromatic N) is 6. The summed E-state index contributed by atoms with van der Waals surface area (Å²) in [7, 11) is 3.35. The molecule has 10 nitrogen and oxygen atoms in total. The molecule has 2 saturated carbocycles. The minimum Gasteiger partial charge on any atom is -0.478 e. The predicted octanol–water partition coefficient (Wildman–Crippen LogP) is 5.51. The summed E-state index contributed by atoms with van der Waals surface area (Å²) in [6.45, 7) is 0. The molecule has 0 radical (unpaired) electrons. The van der Waals surface area contributed by atoms with Crippen molar-refractivity contribution in [2.45, 2.75) is 44.0 Å². The maximum absolute atomic E-state index is 13.4. The van der Waals surface area contributed by atoms with Crippen molar-refractivity contribution in [1.29, 1.82) is 0 Å². The topological polar surface area (TPSA) is 115 Å². The molecule has 2 N–H and O–H groups in total. The van der Waals surface area contributed by atoms with Crippen molar-refractivity contribution in [2.75, 3.05) is 7.11 Å². The van der Waals surface area contributed by atoms with Gasteiger partial charge < -0.3 is 19.8 Å². The summed E-state index contributed by atoms with van der Waals surface area (Å²) in [5.74, 6) is -0.474. The number of rotatable bonds is 8. The standard InChI is InChI=1S/C29H26F3N7O3/c1-37-25(15-6-7-15)24(34-27(37)19-11-8-16(26(33)40)12-23(19)42-29(30,31)32)18-4-3-5-21-20(18)13-39(35-21)22-14-38(17-9-10-17)36-28(22)41-2/h3-5,8,11-15,17H,6-7,9-10H2,1-2H3,(H2,33,40). The lowest BCUT2D eigenvalue weighted by molar-refractivity contribution is -0.274. The van der Waals surface area contributed by atoms with Gasteiger partial charge in [0, 0.05) is 41.4 Å². The molecule has 0 aliphatic heterocycles. The molecule has 3 heterocycles. The van der Waals surface area contributed by atoms with Crippen LogP contribution in [-0.4, -0.2) is 48.5 Å². The number of ether oxygens (including phenoxy) is 2. The minimum atomic E-state index is -4.98. The molecule has 2 aliphatic carbocycles. The van der Waals surface area contributed by atoms with Crippen LogP contribution in [-0.2, 0) is 7.05 Å². The van der Waals surface area contributed by atoms with E-state index in [2.05, 4.69) is 9.84 Å². The average Bonchev–Trinajstić information content (AvgIpc) is 3.85. The second kappa shape index (κ2) is 9.36. The number of hydrogen-bond acceptors (Lipinski definition) is 6. The van der Waals surface area contributed by atoms with Crippen LogP contribution in [0.3, 0.4) is 0 Å². The number of amides is 1. The molecule has 2 aliphatic rings. The second-order valence-electron chi connectivity index (χ2n) is 10.7. The van der Waals surface area contributed by atoms with Gasteiger partial charge in [0.15, 0.2) is 0 Å². The summed E-state index contributed by atoms with van der Waals surface area (Å²) < 4.78 is 55.5. The van der Waals surface area contributed by atoms with Crippen molar-refractivity contribution in [3.05, 3.63) is 60.0 Å². The molecule has 42 heavy (non-hydrogen) atoms. The first-order chi connectivity index (χ1) is 20.1. The molecule has 0 bridgehead atoms. The Balaban J connectivity index is 1.38. The van der Waals surface area contributed by atoms with Gasteiger partial charge in [0.2, 0.25) is 5.91 Å². The van der Waals surface area contributed by atoms with Gasteiger partial charge in [-0.15, -0.1) is 18.3 Å². The van der Waals surface area contributed by atoms with E-state index in [1.54, 1.807) is 18.8 Å². The Kier molecular flexibility index (Phi) is 5.82. The smallest absolute Gasteiger partial charge is 0.478 e. The van der Waals surface area contributed by atoms with E-state index in [1.165, 1.54) is 12.1 Å². The van der Waals surface area contributed by atoms with Gasteiger partial charge in [-0.05, 0) is 49.9 Å². The molecule has 0 unspecified atom stereocenters. The first kappa shape index (κ1) is 26.1. The number of carbonyl (C=O) groups is 1. The summed E-state index contributed by atoms with van der Waals surface area (Å²) >= 11 is 0. The Bertz CT molecular complexity index is 1860. The summed E-state index contributed by atoms with van der Waals surface area (Å²) in [6.07, 6.45) is 2.86. The van der Waals surface area contributed by atoms with Gasteiger partial charge in [-0.1, -0.05) is 12.1 Å². The van der Waals surface area contributed by atoms with E-state index in [4.69, 9.17) is 20.6 Å². The van der Waals surface area contributed by atoms with E-state index in [1.807, 2.05) is 39.8 Å². The third kappa shape index (κ3) is 4.54. The number of alkyl halides is 3. The highest BCUT2D eigenvalue weighted by Gasteiger charge is 2.36. The Labute approximate surface area is 237 Å². The van der Waals surface area contributed by atoms with Crippen molar-refractivity contribution < 1.29 is 27.4 Å². The molecule has 216 valence electrons. The lowest BCUT2D eigenvalue weighted by Gasteiger charge is -2.14. The molecule has 0 atom stereocenters. The van der Waals surface area contributed by atoms with Crippen molar-refractivity contribution in [2.24, 2.45) is 12.8 Å². The Hall–Kier alpha value is -4.81. The number of imidazole rings is 1. The SMILES string of the molecule is COc1nn(C2CC2)cc1-n1cc2c(-c3nc(-c4ccc(C(N)=O)cc4OC(F)(F)F)n(C)c3C3CC3)cccc2n1. The number of halogens is 3. The number of benzene rings is 2. The highest BCUT2D eigenvalue weighted by Crippen LogP contribution is 2.48. The fourth-order valence-electron chi connectivity index (χ4n) is 5.41. The van der Waals surface area contributed by atoms with Crippen molar-refractivity contribution >= 4 is 16.8 Å². The van der Waals surface area contributed by atoms with Crippen LogP contribution in [0.4, 0.5) is 13.2 Å². The van der Waals surface area contributed by atoms with E-state index in [-0.39, 0.29) is 22.9 Å². The largest absolute Gasteiger partial charge is 0.573 e. The van der Waals surface area contributed by atoms with Gasteiger partial charge in [-0.3, -0.25) is 9.48 Å². The molecule has 3 aromatic heterocycles. The maximum Gasteiger partial charge on any atom is 0.573 e. The molecule has 0 saturated heterocycles. The van der Waals surface area contributed by atoms with E-state index >= 15 is 0 Å². The molecule has 1 amide bonds. The number of aromatic nitrogens is 6. The second-order valence-corrected chi connectivity index (χ2v) is 10.7. The van der Waals surface area contributed by atoms with E-state index < -0.39 is 18.0 Å². The zero-order valence-electron chi connectivity index (χ0n) is 22.7. The monoisotopic (exact) mass is 577 g/mol. The minimum absolute atomic E-state index is 0.0908. The predicted molar refractivity (Wildman–Crippen MR) is 146 cm³/mol. The Morgan fingerprint density at radius 3 is 2.50 bits per heavy atom. The summed E-state index contributed by atoms with van der Waals surface area (Å²) in [4.78, 5) is 16.6.